The predicted molar refractivity (Wildman–Crippen MR) is 64.1 cm³/mol. The second-order valence-electron chi connectivity index (χ2n) is 4.59. The quantitative estimate of drug-likeness (QED) is 0.581. The summed E-state index contributed by atoms with van der Waals surface area (Å²) in [6.45, 7) is -0.0811. The van der Waals surface area contributed by atoms with E-state index in [-0.39, 0.29) is 18.8 Å². The molecule has 0 spiro atoms. The minimum Gasteiger partial charge on any atom is -0.393 e. The van der Waals surface area contributed by atoms with Crippen LogP contribution in [0.2, 0.25) is 0 Å². The molecule has 0 saturated heterocycles. The van der Waals surface area contributed by atoms with Crippen LogP contribution in [0.5, 0.6) is 0 Å². The van der Waals surface area contributed by atoms with E-state index in [1.165, 1.54) is 0 Å². The number of hydrogen-bond donors (Lipinski definition) is 4. The fourth-order valence-electron chi connectivity index (χ4n) is 2.37. The largest absolute Gasteiger partial charge is 0.393 e. The van der Waals surface area contributed by atoms with Crippen LogP contribution in [0.15, 0.2) is 24.3 Å². The number of nitrogens with one attached hydrogen (secondary N) is 1. The molecule has 1 aliphatic carbocycles. The van der Waals surface area contributed by atoms with Gasteiger partial charge in [-0.3, -0.25) is 5.32 Å². The van der Waals surface area contributed by atoms with E-state index < -0.39 is 6.23 Å². The van der Waals surface area contributed by atoms with Crippen LogP contribution in [-0.2, 0) is 6.61 Å². The standard InChI is InChI=1S/C13H19NO3/c15-8-9-3-1-2-4-12(9)13(17)14-10-5-6-11(16)7-10/h1-4,10-11,13-17H,5-8H2. The van der Waals surface area contributed by atoms with Crippen LogP contribution < -0.4 is 5.32 Å². The molecule has 4 heteroatoms. The van der Waals surface area contributed by atoms with Gasteiger partial charge in [0, 0.05) is 11.6 Å². The topological polar surface area (TPSA) is 72.7 Å². The third kappa shape index (κ3) is 3.04. The molecule has 17 heavy (non-hydrogen) atoms. The van der Waals surface area contributed by atoms with Gasteiger partial charge in [0.2, 0.25) is 0 Å². The van der Waals surface area contributed by atoms with Gasteiger partial charge in [-0.15, -0.1) is 0 Å². The second-order valence-corrected chi connectivity index (χ2v) is 4.59. The fraction of sp³-hybridized carbons (Fsp3) is 0.538. The third-order valence-electron chi connectivity index (χ3n) is 3.32. The molecule has 0 aliphatic heterocycles. The Kier molecular flexibility index (Phi) is 4.12. The maximum absolute atomic E-state index is 10.1. The highest BCUT2D eigenvalue weighted by Crippen LogP contribution is 2.23. The van der Waals surface area contributed by atoms with Crippen LogP contribution in [0.3, 0.4) is 0 Å². The molecule has 3 unspecified atom stereocenters. The molecule has 4 nitrogen and oxygen atoms in total. The van der Waals surface area contributed by atoms with Crippen LogP contribution in [0.25, 0.3) is 0 Å². The highest BCUT2D eigenvalue weighted by Gasteiger charge is 2.25. The van der Waals surface area contributed by atoms with Crippen molar-refractivity contribution in [1.82, 2.24) is 5.32 Å². The zero-order chi connectivity index (χ0) is 12.3. The van der Waals surface area contributed by atoms with Gasteiger partial charge in [-0.05, 0) is 24.8 Å². The molecule has 94 valence electrons. The van der Waals surface area contributed by atoms with Crippen molar-refractivity contribution in [3.05, 3.63) is 35.4 Å². The molecule has 0 amide bonds. The van der Waals surface area contributed by atoms with Crippen molar-refractivity contribution in [1.29, 1.82) is 0 Å². The second kappa shape index (κ2) is 5.60. The molecule has 1 aliphatic rings. The van der Waals surface area contributed by atoms with E-state index in [4.69, 9.17) is 0 Å². The van der Waals surface area contributed by atoms with E-state index in [9.17, 15) is 15.3 Å². The van der Waals surface area contributed by atoms with Gasteiger partial charge in [0.15, 0.2) is 0 Å². The molecule has 0 radical (unpaired) electrons. The van der Waals surface area contributed by atoms with Crippen molar-refractivity contribution in [3.63, 3.8) is 0 Å². The van der Waals surface area contributed by atoms with E-state index >= 15 is 0 Å². The Hall–Kier alpha value is -0.940. The number of rotatable bonds is 4. The number of hydrogen-bond acceptors (Lipinski definition) is 4. The molecule has 1 fully saturated rings. The normalized spacial score (nSPS) is 26.1. The van der Waals surface area contributed by atoms with Crippen molar-refractivity contribution < 1.29 is 15.3 Å². The Bertz CT molecular complexity index is 369. The molecule has 1 saturated carbocycles. The van der Waals surface area contributed by atoms with Crippen molar-refractivity contribution in [3.8, 4) is 0 Å². The van der Waals surface area contributed by atoms with Crippen LogP contribution in [0.1, 0.15) is 36.6 Å². The monoisotopic (exact) mass is 237 g/mol. The Labute approximate surface area is 101 Å². The molecule has 1 aromatic rings. The molecule has 3 atom stereocenters. The third-order valence-corrected chi connectivity index (χ3v) is 3.32. The lowest BCUT2D eigenvalue weighted by molar-refractivity contribution is 0.115. The summed E-state index contributed by atoms with van der Waals surface area (Å²) in [5, 5.41) is 31.8. The van der Waals surface area contributed by atoms with Gasteiger partial charge >= 0.3 is 0 Å². The zero-order valence-electron chi connectivity index (χ0n) is 9.71. The molecular weight excluding hydrogens is 218 g/mol. The predicted octanol–water partition coefficient (Wildman–Crippen LogP) is 0.673. The van der Waals surface area contributed by atoms with Gasteiger partial charge in [0.05, 0.1) is 12.7 Å². The summed E-state index contributed by atoms with van der Waals surface area (Å²) < 4.78 is 0. The van der Waals surface area contributed by atoms with E-state index in [0.29, 0.717) is 12.0 Å². The first-order valence-electron chi connectivity index (χ1n) is 6.01. The molecule has 2 rings (SSSR count). The minimum absolute atomic E-state index is 0.0811. The number of aliphatic hydroxyl groups is 3. The average Bonchev–Trinajstić information content (AvgIpc) is 2.74. The van der Waals surface area contributed by atoms with E-state index in [1.807, 2.05) is 12.1 Å². The maximum Gasteiger partial charge on any atom is 0.131 e. The number of aliphatic hydroxyl groups excluding tert-OH is 3. The van der Waals surface area contributed by atoms with Crippen LogP contribution in [-0.4, -0.2) is 27.5 Å². The van der Waals surface area contributed by atoms with E-state index in [2.05, 4.69) is 5.32 Å². The van der Waals surface area contributed by atoms with Gasteiger partial charge < -0.3 is 15.3 Å². The van der Waals surface area contributed by atoms with Crippen molar-refractivity contribution in [2.24, 2.45) is 0 Å². The summed E-state index contributed by atoms with van der Waals surface area (Å²) >= 11 is 0. The van der Waals surface area contributed by atoms with Crippen LogP contribution >= 0.6 is 0 Å². The average molecular weight is 237 g/mol. The summed E-state index contributed by atoms with van der Waals surface area (Å²) in [6, 6.07) is 7.41. The molecule has 1 aromatic carbocycles. The molecule has 4 N–H and O–H groups in total. The molecule has 0 aromatic heterocycles. The molecule has 0 heterocycles. The Morgan fingerprint density at radius 3 is 2.71 bits per heavy atom. The molecular formula is C13H19NO3. The summed E-state index contributed by atoms with van der Waals surface area (Å²) in [6.07, 6.45) is 1.30. The lowest BCUT2D eigenvalue weighted by Gasteiger charge is -2.20. The lowest BCUT2D eigenvalue weighted by Crippen LogP contribution is -2.31. The zero-order valence-corrected chi connectivity index (χ0v) is 9.71. The molecule has 0 bridgehead atoms. The van der Waals surface area contributed by atoms with Gasteiger partial charge in [-0.2, -0.15) is 0 Å². The first-order chi connectivity index (χ1) is 8.20. The summed E-state index contributed by atoms with van der Waals surface area (Å²) in [7, 11) is 0. The highest BCUT2D eigenvalue weighted by atomic mass is 16.3. The summed E-state index contributed by atoms with van der Waals surface area (Å²) in [5.74, 6) is 0. The SMILES string of the molecule is OCc1ccccc1C(O)NC1CCC(O)C1. The lowest BCUT2D eigenvalue weighted by atomic mass is 10.1. The van der Waals surface area contributed by atoms with Gasteiger partial charge in [-0.1, -0.05) is 24.3 Å². The van der Waals surface area contributed by atoms with Gasteiger partial charge in [-0.25, -0.2) is 0 Å². The van der Waals surface area contributed by atoms with Crippen LogP contribution in [0, 0.1) is 0 Å². The summed E-state index contributed by atoms with van der Waals surface area (Å²) in [4.78, 5) is 0. The van der Waals surface area contributed by atoms with Crippen molar-refractivity contribution in [2.75, 3.05) is 0 Å². The van der Waals surface area contributed by atoms with E-state index in [1.54, 1.807) is 12.1 Å². The Morgan fingerprint density at radius 1 is 1.29 bits per heavy atom. The minimum atomic E-state index is -0.784. The smallest absolute Gasteiger partial charge is 0.131 e. The van der Waals surface area contributed by atoms with E-state index in [0.717, 1.165) is 18.4 Å². The Morgan fingerprint density at radius 2 is 2.06 bits per heavy atom. The maximum atomic E-state index is 10.1. The van der Waals surface area contributed by atoms with Crippen LogP contribution in [0.4, 0.5) is 0 Å². The first kappa shape index (κ1) is 12.5. The van der Waals surface area contributed by atoms with Gasteiger partial charge in [0.25, 0.3) is 0 Å². The van der Waals surface area contributed by atoms with Crippen molar-refractivity contribution in [2.45, 2.75) is 44.2 Å². The fourth-order valence-corrected chi connectivity index (χ4v) is 2.37. The first-order valence-corrected chi connectivity index (χ1v) is 6.01. The highest BCUT2D eigenvalue weighted by molar-refractivity contribution is 5.28. The Balaban J connectivity index is 2.01. The summed E-state index contributed by atoms with van der Waals surface area (Å²) in [5.41, 5.74) is 1.43. The van der Waals surface area contributed by atoms with Gasteiger partial charge in [0.1, 0.15) is 6.23 Å². The van der Waals surface area contributed by atoms with Crippen molar-refractivity contribution >= 4 is 0 Å². The number of benzene rings is 1.